The smallest absolute Gasteiger partial charge is 0.417 e. The van der Waals surface area contributed by atoms with Crippen LogP contribution in [0.1, 0.15) is 30.2 Å². The lowest BCUT2D eigenvalue weighted by molar-refractivity contribution is -0.131. The molecule has 3 amide bonds. The zero-order valence-electron chi connectivity index (χ0n) is 16.7. The van der Waals surface area contributed by atoms with Crippen molar-refractivity contribution in [2.75, 3.05) is 13.2 Å². The average molecular weight is 451 g/mol. The van der Waals surface area contributed by atoms with Crippen LogP contribution in [0, 0.1) is 0 Å². The van der Waals surface area contributed by atoms with Crippen LogP contribution in [-0.2, 0) is 16.0 Å². The number of imide groups is 1. The van der Waals surface area contributed by atoms with Crippen LogP contribution in [-0.4, -0.2) is 58.2 Å². The highest BCUT2D eigenvalue weighted by atomic mass is 35.5. The number of nitrogens with zero attached hydrogens (tertiary/aromatic N) is 2. The quantitative estimate of drug-likeness (QED) is 0.672. The molecule has 3 rings (SSSR count). The number of hydrogen-bond donors (Lipinski definition) is 1. The highest BCUT2D eigenvalue weighted by molar-refractivity contribution is 7.16. The Balaban J connectivity index is 1.90. The van der Waals surface area contributed by atoms with Gasteiger partial charge in [0.05, 0.1) is 16.3 Å². The SMILES string of the molecule is CC(C)N(C[C@@H](C(=O)N1C(=O)OC[C@H]1Cc1ccccc1)c1ccc(Cl)s1)C(=O)O. The van der Waals surface area contributed by atoms with Crippen molar-refractivity contribution in [3.63, 3.8) is 0 Å². The van der Waals surface area contributed by atoms with Crippen LogP contribution in [0.2, 0.25) is 4.34 Å². The molecule has 160 valence electrons. The number of hydrogen-bond acceptors (Lipinski definition) is 5. The first-order valence-electron chi connectivity index (χ1n) is 9.56. The van der Waals surface area contributed by atoms with E-state index in [4.69, 9.17) is 16.3 Å². The van der Waals surface area contributed by atoms with E-state index in [1.54, 1.807) is 26.0 Å². The molecule has 1 aliphatic rings. The molecule has 2 aromatic rings. The Morgan fingerprint density at radius 1 is 1.27 bits per heavy atom. The molecule has 30 heavy (non-hydrogen) atoms. The van der Waals surface area contributed by atoms with Gasteiger partial charge in [0, 0.05) is 17.5 Å². The van der Waals surface area contributed by atoms with E-state index in [-0.39, 0.29) is 19.2 Å². The summed E-state index contributed by atoms with van der Waals surface area (Å²) in [5.41, 5.74) is 0.976. The Labute approximate surface area is 183 Å². The Morgan fingerprint density at radius 3 is 2.53 bits per heavy atom. The Morgan fingerprint density at radius 2 is 1.97 bits per heavy atom. The molecule has 1 N–H and O–H groups in total. The van der Waals surface area contributed by atoms with E-state index in [1.807, 2.05) is 30.3 Å². The molecule has 9 heteroatoms. The summed E-state index contributed by atoms with van der Waals surface area (Å²) in [5.74, 6) is -1.34. The first kappa shape index (κ1) is 22.1. The number of carboxylic acid groups (broad SMARTS) is 1. The van der Waals surface area contributed by atoms with Crippen LogP contribution in [0.25, 0.3) is 0 Å². The summed E-state index contributed by atoms with van der Waals surface area (Å²) in [4.78, 5) is 40.6. The molecule has 7 nitrogen and oxygen atoms in total. The summed E-state index contributed by atoms with van der Waals surface area (Å²) in [6, 6.07) is 12.1. The molecular formula is C21H23ClN2O5S. The third-order valence-electron chi connectivity index (χ3n) is 5.00. The first-order valence-corrected chi connectivity index (χ1v) is 10.8. The average Bonchev–Trinajstić information content (AvgIpc) is 3.28. The minimum Gasteiger partial charge on any atom is -0.465 e. The van der Waals surface area contributed by atoms with Gasteiger partial charge < -0.3 is 14.7 Å². The summed E-state index contributed by atoms with van der Waals surface area (Å²) in [7, 11) is 0. The summed E-state index contributed by atoms with van der Waals surface area (Å²) in [5, 5.41) is 9.58. The van der Waals surface area contributed by atoms with Crippen molar-refractivity contribution in [1.29, 1.82) is 0 Å². The van der Waals surface area contributed by atoms with Gasteiger partial charge >= 0.3 is 12.2 Å². The lowest BCUT2D eigenvalue weighted by Crippen LogP contribution is -2.47. The predicted octanol–water partition coefficient (Wildman–Crippen LogP) is 4.46. The van der Waals surface area contributed by atoms with Gasteiger partial charge in [-0.25, -0.2) is 14.5 Å². The van der Waals surface area contributed by atoms with Crippen molar-refractivity contribution in [3.8, 4) is 0 Å². The summed E-state index contributed by atoms with van der Waals surface area (Å²) < 4.78 is 5.66. The molecule has 0 bridgehead atoms. The second-order valence-electron chi connectivity index (χ2n) is 7.35. The van der Waals surface area contributed by atoms with E-state index in [9.17, 15) is 19.5 Å². The van der Waals surface area contributed by atoms with Gasteiger partial charge in [0.2, 0.25) is 5.91 Å². The number of thiophene rings is 1. The maximum Gasteiger partial charge on any atom is 0.417 e. The molecule has 0 aliphatic carbocycles. The molecule has 2 heterocycles. The minimum atomic E-state index is -1.13. The fraction of sp³-hybridized carbons (Fsp3) is 0.381. The van der Waals surface area contributed by atoms with Crippen molar-refractivity contribution in [3.05, 3.63) is 57.2 Å². The van der Waals surface area contributed by atoms with E-state index in [0.29, 0.717) is 15.6 Å². The summed E-state index contributed by atoms with van der Waals surface area (Å²) in [6.07, 6.45) is -1.38. The van der Waals surface area contributed by atoms with Gasteiger partial charge in [0.25, 0.3) is 0 Å². The number of ether oxygens (including phenoxy) is 1. The Kier molecular flexibility index (Phi) is 6.99. The van der Waals surface area contributed by atoms with E-state index in [1.165, 1.54) is 16.2 Å². The van der Waals surface area contributed by atoms with Gasteiger partial charge in [0.15, 0.2) is 0 Å². The summed E-state index contributed by atoms with van der Waals surface area (Å²) in [6.45, 7) is 3.49. The molecule has 1 aliphatic heterocycles. The third kappa shape index (κ3) is 4.94. The molecular weight excluding hydrogens is 428 g/mol. The van der Waals surface area contributed by atoms with Gasteiger partial charge in [0.1, 0.15) is 6.61 Å². The molecule has 1 aromatic heterocycles. The van der Waals surface area contributed by atoms with E-state index in [0.717, 1.165) is 10.5 Å². The largest absolute Gasteiger partial charge is 0.465 e. The maximum atomic E-state index is 13.5. The van der Waals surface area contributed by atoms with Crippen molar-refractivity contribution < 1.29 is 24.2 Å². The third-order valence-corrected chi connectivity index (χ3v) is 6.34. The molecule has 2 atom stereocenters. The number of halogens is 1. The van der Waals surface area contributed by atoms with Crippen LogP contribution in [0.15, 0.2) is 42.5 Å². The van der Waals surface area contributed by atoms with Crippen molar-refractivity contribution >= 4 is 41.0 Å². The number of rotatable bonds is 7. The van der Waals surface area contributed by atoms with Gasteiger partial charge in [-0.15, -0.1) is 11.3 Å². The molecule has 0 radical (unpaired) electrons. The second kappa shape index (κ2) is 9.49. The highest BCUT2D eigenvalue weighted by Crippen LogP contribution is 2.32. The Bertz CT molecular complexity index is 917. The molecule has 1 saturated heterocycles. The van der Waals surface area contributed by atoms with Crippen LogP contribution in [0.3, 0.4) is 0 Å². The predicted molar refractivity (Wildman–Crippen MR) is 114 cm³/mol. The van der Waals surface area contributed by atoms with Crippen molar-refractivity contribution in [2.45, 2.75) is 38.3 Å². The van der Waals surface area contributed by atoms with Crippen LogP contribution < -0.4 is 0 Å². The van der Waals surface area contributed by atoms with Crippen LogP contribution >= 0.6 is 22.9 Å². The lowest BCUT2D eigenvalue weighted by Gasteiger charge is -2.30. The fourth-order valence-electron chi connectivity index (χ4n) is 3.45. The molecule has 0 saturated carbocycles. The lowest BCUT2D eigenvalue weighted by atomic mass is 10.0. The van der Waals surface area contributed by atoms with E-state index in [2.05, 4.69) is 0 Å². The second-order valence-corrected chi connectivity index (χ2v) is 9.10. The highest BCUT2D eigenvalue weighted by Gasteiger charge is 2.42. The number of carbonyl (C=O) groups is 3. The number of amides is 3. The van der Waals surface area contributed by atoms with Gasteiger partial charge in [-0.1, -0.05) is 41.9 Å². The fourth-order valence-corrected chi connectivity index (χ4v) is 4.59. The van der Waals surface area contributed by atoms with Gasteiger partial charge in [-0.2, -0.15) is 0 Å². The topological polar surface area (TPSA) is 87.2 Å². The van der Waals surface area contributed by atoms with Gasteiger partial charge in [-0.05, 0) is 38.0 Å². The molecule has 0 spiro atoms. The standard InChI is InChI=1S/C21H23ClN2O5S/c1-13(2)23(20(26)27)11-16(17-8-9-18(22)30-17)19(25)24-15(12-29-21(24)28)10-14-6-4-3-5-7-14/h3-9,13,15-16H,10-12H2,1-2H3,(H,26,27)/t15-,16-/m1/s1. The van der Waals surface area contributed by atoms with Crippen LogP contribution in [0.4, 0.5) is 9.59 Å². The van der Waals surface area contributed by atoms with Crippen molar-refractivity contribution in [2.24, 2.45) is 0 Å². The number of carbonyl (C=O) groups excluding carboxylic acids is 2. The van der Waals surface area contributed by atoms with E-state index >= 15 is 0 Å². The van der Waals surface area contributed by atoms with Crippen molar-refractivity contribution in [1.82, 2.24) is 9.80 Å². The molecule has 0 unspecified atom stereocenters. The Hall–Kier alpha value is -2.58. The summed E-state index contributed by atoms with van der Waals surface area (Å²) >= 11 is 7.27. The van der Waals surface area contributed by atoms with Crippen LogP contribution in [0.5, 0.6) is 0 Å². The zero-order valence-corrected chi connectivity index (χ0v) is 18.2. The van der Waals surface area contributed by atoms with E-state index < -0.39 is 30.1 Å². The number of cyclic esters (lactones) is 1. The molecule has 1 fully saturated rings. The zero-order chi connectivity index (χ0) is 21.8. The molecule has 1 aromatic carbocycles. The monoisotopic (exact) mass is 450 g/mol. The van der Waals surface area contributed by atoms with Gasteiger partial charge in [-0.3, -0.25) is 4.79 Å². The normalized spacial score (nSPS) is 17.1. The minimum absolute atomic E-state index is 0.0789. The number of benzene rings is 1. The maximum absolute atomic E-state index is 13.5. The first-order chi connectivity index (χ1) is 14.3.